The highest BCUT2D eigenvalue weighted by Gasteiger charge is 2.47. The van der Waals surface area contributed by atoms with Gasteiger partial charge in [-0.15, -0.1) is 12.4 Å². The first-order valence-corrected chi connectivity index (χ1v) is 9.37. The van der Waals surface area contributed by atoms with Gasteiger partial charge in [0.05, 0.1) is 11.6 Å². The highest BCUT2D eigenvalue weighted by molar-refractivity contribution is 6.07. The predicted octanol–water partition coefficient (Wildman–Crippen LogP) is 3.93. The number of aromatic nitrogens is 1. The lowest BCUT2D eigenvalue weighted by Gasteiger charge is -2.29. The van der Waals surface area contributed by atoms with E-state index in [4.69, 9.17) is 0 Å². The molecule has 1 aromatic heterocycles. The Morgan fingerprint density at radius 2 is 1.85 bits per heavy atom. The Labute approximate surface area is 165 Å². The molecule has 4 nitrogen and oxygen atoms in total. The summed E-state index contributed by atoms with van der Waals surface area (Å²) in [6.45, 7) is 4.97. The molecule has 1 amide bonds. The second-order valence-corrected chi connectivity index (χ2v) is 7.59. The predicted molar refractivity (Wildman–Crippen MR) is 110 cm³/mol. The van der Waals surface area contributed by atoms with Crippen LogP contribution >= 0.6 is 12.4 Å². The summed E-state index contributed by atoms with van der Waals surface area (Å²) >= 11 is 0. The number of aromatic amines is 1. The third-order valence-electron chi connectivity index (χ3n) is 6.15. The summed E-state index contributed by atoms with van der Waals surface area (Å²) < 4.78 is 0. The Kier molecular flexibility index (Phi) is 4.70. The van der Waals surface area contributed by atoms with Crippen LogP contribution in [0.25, 0.3) is 10.9 Å². The fourth-order valence-electron chi connectivity index (χ4n) is 4.85. The minimum atomic E-state index is 0. The van der Waals surface area contributed by atoms with Crippen LogP contribution in [0.5, 0.6) is 0 Å². The highest BCUT2D eigenvalue weighted by Crippen LogP contribution is 2.44. The van der Waals surface area contributed by atoms with E-state index in [-0.39, 0.29) is 24.4 Å². The Morgan fingerprint density at radius 3 is 2.70 bits per heavy atom. The number of aryl methyl sites for hydroxylation is 1. The average molecular weight is 382 g/mol. The van der Waals surface area contributed by atoms with Crippen LogP contribution < -0.4 is 5.32 Å². The van der Waals surface area contributed by atoms with E-state index in [2.05, 4.69) is 46.4 Å². The number of carbonyl (C=O) groups excluding carboxylic acids is 1. The molecule has 0 spiro atoms. The molecule has 5 rings (SSSR count). The number of carbonyl (C=O) groups is 1. The quantitative estimate of drug-likeness (QED) is 0.706. The summed E-state index contributed by atoms with van der Waals surface area (Å²) in [5.74, 6) is 1.17. The minimum Gasteiger partial charge on any atom is -0.360 e. The van der Waals surface area contributed by atoms with E-state index in [0.717, 1.165) is 36.1 Å². The molecular formula is C22H24ClN3O. The van der Waals surface area contributed by atoms with Crippen molar-refractivity contribution in [2.24, 2.45) is 11.8 Å². The van der Waals surface area contributed by atoms with E-state index in [9.17, 15) is 4.79 Å². The molecule has 5 heteroatoms. The van der Waals surface area contributed by atoms with Crippen LogP contribution in [0.4, 0.5) is 0 Å². The second kappa shape index (κ2) is 7.02. The van der Waals surface area contributed by atoms with Crippen LogP contribution in [0.1, 0.15) is 27.5 Å². The normalized spacial score (nSPS) is 24.0. The van der Waals surface area contributed by atoms with Crippen LogP contribution in [0, 0.1) is 18.8 Å². The highest BCUT2D eigenvalue weighted by atomic mass is 35.5. The number of fused-ring (bicyclic) bond motifs is 2. The molecule has 3 heterocycles. The molecule has 2 fully saturated rings. The standard InChI is InChI=1S/C22H23N3O.ClH/c1-14-6-2-3-7-16(14)21-18-11-23-10-15(18)13-25(21)22(26)19-12-24-20-9-5-4-8-17(19)20;/h2-9,12,15,18,21,23-24H,10-11,13H2,1H3;1H/t15-,18-,21-;/m0./s1. The lowest BCUT2D eigenvalue weighted by molar-refractivity contribution is 0.0715. The van der Waals surface area contributed by atoms with E-state index < -0.39 is 0 Å². The van der Waals surface area contributed by atoms with E-state index in [0.29, 0.717) is 11.8 Å². The van der Waals surface area contributed by atoms with Gasteiger partial charge < -0.3 is 15.2 Å². The van der Waals surface area contributed by atoms with Gasteiger partial charge in [-0.3, -0.25) is 4.79 Å². The van der Waals surface area contributed by atoms with Crippen molar-refractivity contribution < 1.29 is 4.79 Å². The maximum absolute atomic E-state index is 13.5. The maximum atomic E-state index is 13.5. The SMILES string of the molecule is Cc1ccccc1[C@H]1[C@H]2CNC[C@H]2CN1C(=O)c1c[nH]c2ccccc12.Cl. The van der Waals surface area contributed by atoms with Gasteiger partial charge in [-0.25, -0.2) is 0 Å². The summed E-state index contributed by atoms with van der Waals surface area (Å²) in [6.07, 6.45) is 1.87. The summed E-state index contributed by atoms with van der Waals surface area (Å²) in [4.78, 5) is 18.9. The third-order valence-corrected chi connectivity index (χ3v) is 6.15. The largest absolute Gasteiger partial charge is 0.360 e. The van der Waals surface area contributed by atoms with Gasteiger partial charge in [0.2, 0.25) is 0 Å². The lowest BCUT2D eigenvalue weighted by atomic mass is 9.87. The number of likely N-dealkylation sites (tertiary alicyclic amines) is 1. The molecule has 2 saturated heterocycles. The van der Waals surface area contributed by atoms with Crippen molar-refractivity contribution in [1.29, 1.82) is 0 Å². The number of H-pyrrole nitrogens is 1. The van der Waals surface area contributed by atoms with Crippen molar-refractivity contribution >= 4 is 29.2 Å². The van der Waals surface area contributed by atoms with Gasteiger partial charge >= 0.3 is 0 Å². The molecule has 2 aromatic carbocycles. The summed E-state index contributed by atoms with van der Waals surface area (Å²) in [5.41, 5.74) is 4.36. The van der Waals surface area contributed by atoms with Crippen LogP contribution in [0.3, 0.4) is 0 Å². The molecular weight excluding hydrogens is 358 g/mol. The van der Waals surface area contributed by atoms with E-state index in [1.807, 2.05) is 30.5 Å². The Balaban J connectivity index is 0.00000180. The molecule has 0 aliphatic carbocycles. The van der Waals surface area contributed by atoms with Crippen molar-refractivity contribution in [3.63, 3.8) is 0 Å². The zero-order valence-electron chi connectivity index (χ0n) is 15.3. The minimum absolute atomic E-state index is 0. The molecule has 0 radical (unpaired) electrons. The van der Waals surface area contributed by atoms with Crippen molar-refractivity contribution in [3.8, 4) is 0 Å². The fraction of sp³-hybridized carbons (Fsp3) is 0.318. The number of para-hydroxylation sites is 1. The van der Waals surface area contributed by atoms with Gasteiger partial charge in [0.15, 0.2) is 0 Å². The first-order chi connectivity index (χ1) is 12.7. The van der Waals surface area contributed by atoms with E-state index >= 15 is 0 Å². The van der Waals surface area contributed by atoms with Gasteiger partial charge in [-0.05, 0) is 30.0 Å². The molecule has 2 aliphatic heterocycles. The molecule has 3 atom stereocenters. The average Bonchev–Trinajstić information content (AvgIpc) is 3.36. The number of rotatable bonds is 2. The first kappa shape index (κ1) is 18.1. The van der Waals surface area contributed by atoms with Crippen molar-refractivity contribution in [3.05, 3.63) is 71.4 Å². The molecule has 3 aromatic rings. The van der Waals surface area contributed by atoms with Gasteiger partial charge in [0.1, 0.15) is 0 Å². The molecule has 2 aliphatic rings. The molecule has 0 bridgehead atoms. The van der Waals surface area contributed by atoms with Gasteiger partial charge in [0.25, 0.3) is 5.91 Å². The molecule has 2 N–H and O–H groups in total. The topological polar surface area (TPSA) is 48.1 Å². The second-order valence-electron chi connectivity index (χ2n) is 7.59. The number of hydrogen-bond donors (Lipinski definition) is 2. The van der Waals surface area contributed by atoms with Gasteiger partial charge in [-0.1, -0.05) is 42.5 Å². The molecule has 27 heavy (non-hydrogen) atoms. The number of hydrogen-bond acceptors (Lipinski definition) is 2. The van der Waals surface area contributed by atoms with Crippen LogP contribution in [-0.4, -0.2) is 35.4 Å². The van der Waals surface area contributed by atoms with Crippen LogP contribution in [0.2, 0.25) is 0 Å². The van der Waals surface area contributed by atoms with Crippen molar-refractivity contribution in [2.45, 2.75) is 13.0 Å². The lowest BCUT2D eigenvalue weighted by Crippen LogP contribution is -2.35. The smallest absolute Gasteiger partial charge is 0.256 e. The van der Waals surface area contributed by atoms with Crippen LogP contribution in [-0.2, 0) is 0 Å². The third kappa shape index (κ3) is 2.84. The molecule has 0 saturated carbocycles. The van der Waals surface area contributed by atoms with Gasteiger partial charge in [0, 0.05) is 42.7 Å². The molecule has 0 unspecified atom stereocenters. The number of nitrogens with one attached hydrogen (secondary N) is 2. The first-order valence-electron chi connectivity index (χ1n) is 9.37. The summed E-state index contributed by atoms with van der Waals surface area (Å²) in [6, 6.07) is 16.7. The zero-order valence-corrected chi connectivity index (χ0v) is 16.1. The number of nitrogens with zero attached hydrogens (tertiary/aromatic N) is 1. The number of halogens is 1. The number of benzene rings is 2. The van der Waals surface area contributed by atoms with E-state index in [1.165, 1.54) is 11.1 Å². The Hall–Kier alpha value is -2.30. The van der Waals surface area contributed by atoms with Crippen LogP contribution in [0.15, 0.2) is 54.7 Å². The summed E-state index contributed by atoms with van der Waals surface area (Å²) in [5, 5.41) is 4.53. The fourth-order valence-corrected chi connectivity index (χ4v) is 4.85. The summed E-state index contributed by atoms with van der Waals surface area (Å²) in [7, 11) is 0. The molecule has 140 valence electrons. The zero-order chi connectivity index (χ0) is 17.7. The van der Waals surface area contributed by atoms with E-state index in [1.54, 1.807) is 0 Å². The van der Waals surface area contributed by atoms with Crippen molar-refractivity contribution in [1.82, 2.24) is 15.2 Å². The number of amides is 1. The maximum Gasteiger partial charge on any atom is 0.256 e. The monoisotopic (exact) mass is 381 g/mol. The Bertz CT molecular complexity index is 982. The van der Waals surface area contributed by atoms with Gasteiger partial charge in [-0.2, -0.15) is 0 Å². The Morgan fingerprint density at radius 1 is 1.07 bits per heavy atom. The van der Waals surface area contributed by atoms with Crippen molar-refractivity contribution in [2.75, 3.05) is 19.6 Å².